The van der Waals surface area contributed by atoms with Gasteiger partial charge in [-0.3, -0.25) is 19.7 Å². The number of aliphatic carboxylic acids is 1. The Morgan fingerprint density at radius 2 is 2.17 bits per heavy atom. The fourth-order valence-corrected chi connectivity index (χ4v) is 4.27. The van der Waals surface area contributed by atoms with Crippen molar-refractivity contribution in [2.75, 3.05) is 6.54 Å². The average Bonchev–Trinajstić information content (AvgIpc) is 3.17. The Labute approximate surface area is 140 Å². The zero-order valence-electron chi connectivity index (χ0n) is 12.2. The molecule has 0 bridgehead atoms. The van der Waals surface area contributed by atoms with Crippen molar-refractivity contribution in [3.05, 3.63) is 23.4 Å². The lowest BCUT2D eigenvalue weighted by Crippen LogP contribution is -2.69. The molecule has 1 aromatic heterocycles. The van der Waals surface area contributed by atoms with Crippen LogP contribution < -0.4 is 0 Å². The van der Waals surface area contributed by atoms with Crippen molar-refractivity contribution < 1.29 is 24.6 Å². The molecule has 0 aliphatic carbocycles. The van der Waals surface area contributed by atoms with Gasteiger partial charge in [0.1, 0.15) is 18.1 Å². The Balaban J connectivity index is 1.77. The number of hydrogen-bond donors (Lipinski definition) is 4. The molecule has 4 heterocycles. The maximum Gasteiger partial charge on any atom is 0.408 e. The summed E-state index contributed by atoms with van der Waals surface area (Å²) in [5.41, 5.74) is 0.292. The number of carbonyl (C=O) groups excluding carboxylic acids is 1. The highest BCUT2D eigenvalue weighted by atomic mass is 32.1. The fraction of sp³-hybridized carbons (Fsp3) is 0.462. The van der Waals surface area contributed by atoms with Gasteiger partial charge in [-0.25, -0.2) is 14.6 Å². The summed E-state index contributed by atoms with van der Waals surface area (Å²) in [5.74, 6) is -1.59. The van der Waals surface area contributed by atoms with Gasteiger partial charge in [-0.2, -0.15) is 17.7 Å². The molecule has 3 N–H and O–H groups in total. The van der Waals surface area contributed by atoms with E-state index in [-0.39, 0.29) is 18.2 Å². The smallest absolute Gasteiger partial charge is 0.408 e. The molecule has 126 valence electrons. The number of nitrogens with one attached hydrogen (secondary N) is 1. The third-order valence-electron chi connectivity index (χ3n) is 4.85. The van der Waals surface area contributed by atoms with Gasteiger partial charge in [-0.1, -0.05) is 0 Å². The summed E-state index contributed by atoms with van der Waals surface area (Å²) in [4.78, 5) is 41.8. The number of carbonyl (C=O) groups is 3. The lowest BCUT2D eigenvalue weighted by Gasteiger charge is -2.49. The maximum absolute atomic E-state index is 12.4. The minimum absolute atomic E-state index is 0.130. The van der Waals surface area contributed by atoms with Crippen molar-refractivity contribution in [3.63, 3.8) is 0 Å². The van der Waals surface area contributed by atoms with E-state index in [0.29, 0.717) is 17.8 Å². The van der Waals surface area contributed by atoms with E-state index < -0.39 is 35.3 Å². The quantitative estimate of drug-likeness (QED) is 0.433. The van der Waals surface area contributed by atoms with Crippen LogP contribution in [0.25, 0.3) is 0 Å². The van der Waals surface area contributed by atoms with Crippen LogP contribution in [0.3, 0.4) is 0 Å². The summed E-state index contributed by atoms with van der Waals surface area (Å²) in [6.07, 6.45) is 0.522. The van der Waals surface area contributed by atoms with Crippen molar-refractivity contribution in [3.8, 4) is 0 Å². The Hall–Kier alpha value is -2.56. The molecule has 2 amide bonds. The molecule has 3 aliphatic heterocycles. The number of thiol groups is 1. The second-order valence-electron chi connectivity index (χ2n) is 5.98. The first-order valence-corrected chi connectivity index (χ1v) is 7.76. The zero-order chi connectivity index (χ0) is 17.2. The summed E-state index contributed by atoms with van der Waals surface area (Å²) in [6.45, 7) is 0.192. The van der Waals surface area contributed by atoms with E-state index >= 15 is 0 Å². The van der Waals surface area contributed by atoms with Crippen LogP contribution in [0.15, 0.2) is 17.6 Å². The third kappa shape index (κ3) is 1.81. The van der Waals surface area contributed by atoms with E-state index in [1.54, 1.807) is 0 Å². The molecular weight excluding hydrogens is 338 g/mol. The van der Waals surface area contributed by atoms with Crippen LogP contribution in [0.1, 0.15) is 17.5 Å². The van der Waals surface area contributed by atoms with Crippen molar-refractivity contribution in [1.82, 2.24) is 25.0 Å². The molecule has 4 rings (SSSR count). The molecule has 11 heteroatoms. The number of rotatable bonds is 3. The molecule has 0 spiro atoms. The molecule has 2 fully saturated rings. The predicted octanol–water partition coefficient (Wildman–Crippen LogP) is -0.293. The molecule has 24 heavy (non-hydrogen) atoms. The average molecular weight is 351 g/mol. The molecule has 0 aromatic carbocycles. The van der Waals surface area contributed by atoms with Crippen LogP contribution in [-0.2, 0) is 9.59 Å². The number of nitrogens with zero attached hydrogens (tertiary/aromatic N) is 4. The normalized spacial score (nSPS) is 29.4. The highest BCUT2D eigenvalue weighted by Gasteiger charge is 2.64. The van der Waals surface area contributed by atoms with Crippen LogP contribution in [-0.4, -0.2) is 71.8 Å². The summed E-state index contributed by atoms with van der Waals surface area (Å²) in [5, 5.41) is 24.6. The molecule has 2 saturated heterocycles. The SMILES string of the molecule is O=C(O)C1=C(C(S)c2nc[nH]n2)C[C@@H]2CN(C(=O)O)[C@@H]3C(=O)N1[C@H]23. The van der Waals surface area contributed by atoms with Gasteiger partial charge in [0.25, 0.3) is 5.91 Å². The van der Waals surface area contributed by atoms with Gasteiger partial charge in [0.05, 0.1) is 11.3 Å². The van der Waals surface area contributed by atoms with Gasteiger partial charge in [-0.15, -0.1) is 0 Å². The summed E-state index contributed by atoms with van der Waals surface area (Å²) >= 11 is 4.43. The number of hydrogen-bond acceptors (Lipinski definition) is 6. The summed E-state index contributed by atoms with van der Waals surface area (Å²) in [7, 11) is 0. The lowest BCUT2D eigenvalue weighted by molar-refractivity contribution is -0.156. The second kappa shape index (κ2) is 4.97. The Morgan fingerprint density at radius 1 is 1.42 bits per heavy atom. The third-order valence-corrected chi connectivity index (χ3v) is 5.39. The molecule has 1 unspecified atom stereocenters. The van der Waals surface area contributed by atoms with Crippen molar-refractivity contribution in [1.29, 1.82) is 0 Å². The molecule has 1 aromatic rings. The monoisotopic (exact) mass is 351 g/mol. The second-order valence-corrected chi connectivity index (χ2v) is 6.50. The molecule has 0 saturated carbocycles. The van der Waals surface area contributed by atoms with Gasteiger partial charge in [0.2, 0.25) is 0 Å². The number of β-lactam (4-membered cyclic amide) rings is 1. The largest absolute Gasteiger partial charge is 0.477 e. The zero-order valence-corrected chi connectivity index (χ0v) is 13.1. The number of aromatic nitrogens is 3. The molecule has 0 radical (unpaired) electrons. The van der Waals surface area contributed by atoms with E-state index in [1.807, 2.05) is 0 Å². The van der Waals surface area contributed by atoms with Crippen LogP contribution in [0.2, 0.25) is 0 Å². The lowest BCUT2D eigenvalue weighted by atomic mass is 9.78. The van der Waals surface area contributed by atoms with Crippen molar-refractivity contribution in [2.45, 2.75) is 23.8 Å². The van der Waals surface area contributed by atoms with E-state index in [0.717, 1.165) is 4.90 Å². The first kappa shape index (κ1) is 15.0. The first-order valence-electron chi connectivity index (χ1n) is 7.24. The van der Waals surface area contributed by atoms with Gasteiger partial charge in [0, 0.05) is 12.5 Å². The van der Waals surface area contributed by atoms with Crippen molar-refractivity contribution in [2.24, 2.45) is 5.92 Å². The van der Waals surface area contributed by atoms with Gasteiger partial charge < -0.3 is 10.2 Å². The van der Waals surface area contributed by atoms with E-state index in [4.69, 9.17) is 0 Å². The number of aromatic amines is 1. The summed E-state index contributed by atoms with van der Waals surface area (Å²) < 4.78 is 0. The molecule has 4 atom stereocenters. The number of H-pyrrole nitrogens is 1. The number of carboxylic acids is 1. The maximum atomic E-state index is 12.4. The van der Waals surface area contributed by atoms with Crippen LogP contribution >= 0.6 is 12.6 Å². The van der Waals surface area contributed by atoms with Gasteiger partial charge >= 0.3 is 12.1 Å². The van der Waals surface area contributed by atoms with Gasteiger partial charge in [-0.05, 0) is 12.0 Å². The van der Waals surface area contributed by atoms with Crippen LogP contribution in [0.5, 0.6) is 0 Å². The minimum atomic E-state index is -1.24. The van der Waals surface area contributed by atoms with E-state index in [9.17, 15) is 24.6 Å². The molecule has 10 nitrogen and oxygen atoms in total. The predicted molar refractivity (Wildman–Crippen MR) is 80.0 cm³/mol. The van der Waals surface area contributed by atoms with E-state index in [2.05, 4.69) is 27.8 Å². The van der Waals surface area contributed by atoms with Gasteiger partial charge in [0.15, 0.2) is 5.82 Å². The van der Waals surface area contributed by atoms with Crippen molar-refractivity contribution >= 4 is 30.6 Å². The number of carboxylic acid groups (broad SMARTS) is 2. The highest BCUT2D eigenvalue weighted by Crippen LogP contribution is 2.50. The highest BCUT2D eigenvalue weighted by molar-refractivity contribution is 7.80. The van der Waals surface area contributed by atoms with Crippen LogP contribution in [0, 0.1) is 5.92 Å². The fourth-order valence-electron chi connectivity index (χ4n) is 3.92. The van der Waals surface area contributed by atoms with E-state index in [1.165, 1.54) is 11.2 Å². The van der Waals surface area contributed by atoms with Crippen LogP contribution in [0.4, 0.5) is 4.79 Å². The Kier molecular flexibility index (Phi) is 3.10. The topological polar surface area (TPSA) is 140 Å². The Morgan fingerprint density at radius 3 is 2.75 bits per heavy atom. The standard InChI is InChI=1S/C13H13N5O5S/c19-11-8-6-4(2-17(8)13(22)23)1-5(7(12(20)21)18(6)11)9(24)10-14-3-15-16-10/h3-4,6,8-9,24H,1-2H2,(H,20,21)(H,22,23)(H,14,15,16)/t4-,6-,8+,9?/m1/s1. The first-order chi connectivity index (χ1) is 11.4. The summed E-state index contributed by atoms with van der Waals surface area (Å²) in [6, 6.07) is -1.21. The number of likely N-dealkylation sites (tertiary alicyclic amines) is 1. The Bertz CT molecular complexity index is 778. The minimum Gasteiger partial charge on any atom is -0.477 e. The molecule has 3 aliphatic rings. The molecular formula is C13H13N5O5S. The number of amides is 2.